The minimum absolute atomic E-state index is 0.813. The first-order valence-electron chi connectivity index (χ1n) is 7.18. The van der Waals surface area contributed by atoms with Gasteiger partial charge in [-0.15, -0.1) is 0 Å². The summed E-state index contributed by atoms with van der Waals surface area (Å²) in [5.41, 5.74) is 0. The van der Waals surface area contributed by atoms with Gasteiger partial charge in [-0.05, 0) is 17.4 Å². The molecular weight excluding hydrogens is 212 g/mol. The second-order valence-electron chi connectivity index (χ2n) is 4.96. The monoisotopic (exact) mass is 243 g/mol. The van der Waals surface area contributed by atoms with Crippen LogP contribution in [-0.4, -0.2) is 11.0 Å². The van der Waals surface area contributed by atoms with Gasteiger partial charge in [0.05, 0.1) is 0 Å². The van der Waals surface area contributed by atoms with Crippen LogP contribution < -0.4 is 0 Å². The molecule has 0 bridgehead atoms. The highest BCUT2D eigenvalue weighted by Gasteiger charge is 1.95. The van der Waals surface area contributed by atoms with E-state index in [1.807, 2.05) is 0 Å². The van der Waals surface area contributed by atoms with Crippen LogP contribution in [0.3, 0.4) is 0 Å². The van der Waals surface area contributed by atoms with Gasteiger partial charge in [0.15, 0.2) is 0 Å². The lowest BCUT2D eigenvalue weighted by atomic mass is 10.1. The summed E-state index contributed by atoms with van der Waals surface area (Å²) in [6.07, 6.45) is 13.9. The van der Waals surface area contributed by atoms with Crippen LogP contribution in [0.25, 0.3) is 0 Å². The Morgan fingerprint density at radius 3 is 1.62 bits per heavy atom. The van der Waals surface area contributed by atoms with E-state index in [1.165, 1.54) is 63.5 Å². The number of unbranched alkanes of at least 4 members (excludes halogenated alkanes) is 9. The van der Waals surface area contributed by atoms with Crippen molar-refractivity contribution >= 4 is 11.8 Å². The first-order chi connectivity index (χ1) is 7.77. The molecule has 0 aliphatic carbocycles. The van der Waals surface area contributed by atoms with Crippen molar-refractivity contribution in [1.29, 1.82) is 0 Å². The molecule has 0 saturated heterocycles. The fraction of sp³-hybridized carbons (Fsp3) is 0.933. The molecule has 1 heteroatoms. The Bertz CT molecular complexity index is 121. The number of thioether (sulfide) groups is 1. The maximum atomic E-state index is 3.87. The van der Waals surface area contributed by atoms with Crippen LogP contribution in [0.15, 0.2) is 0 Å². The van der Waals surface area contributed by atoms with Gasteiger partial charge in [0, 0.05) is 0 Å². The standard InChI is InChI=1S/C15H31S/c1-4-5-6-7-8-9-10-11-12-13-14-16-15(2)3/h15H,1,4-14H2,2-3H3. The van der Waals surface area contributed by atoms with Gasteiger partial charge in [0.1, 0.15) is 0 Å². The van der Waals surface area contributed by atoms with Crippen molar-refractivity contribution in [2.45, 2.75) is 83.3 Å². The van der Waals surface area contributed by atoms with E-state index in [4.69, 9.17) is 0 Å². The Hall–Kier alpha value is 0.350. The summed E-state index contributed by atoms with van der Waals surface area (Å²) in [5.74, 6) is 1.36. The van der Waals surface area contributed by atoms with Gasteiger partial charge in [-0.25, -0.2) is 0 Å². The molecule has 0 nitrogen and oxygen atoms in total. The van der Waals surface area contributed by atoms with Crippen molar-refractivity contribution in [2.24, 2.45) is 0 Å². The zero-order valence-corrected chi connectivity index (χ0v) is 12.3. The second-order valence-corrected chi connectivity index (χ2v) is 6.64. The van der Waals surface area contributed by atoms with Gasteiger partial charge >= 0.3 is 0 Å². The van der Waals surface area contributed by atoms with Crippen LogP contribution in [-0.2, 0) is 0 Å². The van der Waals surface area contributed by atoms with Crippen LogP contribution in [0.4, 0.5) is 0 Å². The minimum Gasteiger partial charge on any atom is -0.159 e. The van der Waals surface area contributed by atoms with Gasteiger partial charge < -0.3 is 0 Å². The maximum Gasteiger partial charge on any atom is -0.000968 e. The minimum atomic E-state index is 0.813. The molecule has 0 amide bonds. The summed E-state index contributed by atoms with van der Waals surface area (Å²) >= 11 is 2.10. The molecule has 0 fully saturated rings. The van der Waals surface area contributed by atoms with Crippen molar-refractivity contribution in [2.75, 3.05) is 5.75 Å². The predicted octanol–water partition coefficient (Wildman–Crippen LogP) is 5.86. The van der Waals surface area contributed by atoms with Gasteiger partial charge in [-0.2, -0.15) is 11.8 Å². The molecule has 0 rings (SSSR count). The van der Waals surface area contributed by atoms with Crippen LogP contribution in [0, 0.1) is 6.92 Å². The fourth-order valence-electron chi connectivity index (χ4n) is 1.84. The second kappa shape index (κ2) is 13.4. The van der Waals surface area contributed by atoms with E-state index in [0.29, 0.717) is 0 Å². The predicted molar refractivity (Wildman–Crippen MR) is 79.1 cm³/mol. The smallest absolute Gasteiger partial charge is 0.000968 e. The summed E-state index contributed by atoms with van der Waals surface area (Å²) < 4.78 is 0. The molecule has 0 heterocycles. The molecular formula is C15H31S. The third-order valence-electron chi connectivity index (χ3n) is 2.85. The molecule has 0 spiro atoms. The molecule has 0 aliphatic heterocycles. The molecule has 0 aromatic heterocycles. The van der Waals surface area contributed by atoms with Crippen LogP contribution in [0.1, 0.15) is 78.1 Å². The quantitative estimate of drug-likeness (QED) is 0.387. The average Bonchev–Trinajstić information content (AvgIpc) is 2.25. The number of rotatable bonds is 12. The van der Waals surface area contributed by atoms with E-state index < -0.39 is 0 Å². The van der Waals surface area contributed by atoms with Crippen LogP contribution >= 0.6 is 11.8 Å². The van der Waals surface area contributed by atoms with E-state index in [-0.39, 0.29) is 0 Å². The normalized spacial score (nSPS) is 11.2. The Balaban J connectivity index is 2.88. The van der Waals surface area contributed by atoms with Gasteiger partial charge in [-0.3, -0.25) is 0 Å². The Labute approximate surface area is 108 Å². The molecule has 0 aromatic rings. The highest BCUT2D eigenvalue weighted by atomic mass is 32.2. The van der Waals surface area contributed by atoms with Crippen molar-refractivity contribution in [3.63, 3.8) is 0 Å². The van der Waals surface area contributed by atoms with Gasteiger partial charge in [0.25, 0.3) is 0 Å². The maximum absolute atomic E-state index is 3.87. The molecule has 0 atom stereocenters. The lowest BCUT2D eigenvalue weighted by Gasteiger charge is -2.04. The Kier molecular flexibility index (Phi) is 13.7. The third-order valence-corrected chi connectivity index (χ3v) is 4.04. The fourth-order valence-corrected chi connectivity index (χ4v) is 2.68. The summed E-state index contributed by atoms with van der Waals surface area (Å²) in [6.45, 7) is 8.45. The van der Waals surface area contributed by atoms with E-state index in [2.05, 4.69) is 32.5 Å². The molecule has 0 aliphatic rings. The topological polar surface area (TPSA) is 0 Å². The highest BCUT2D eigenvalue weighted by molar-refractivity contribution is 7.99. The lowest BCUT2D eigenvalue weighted by molar-refractivity contribution is 0.567. The van der Waals surface area contributed by atoms with Crippen molar-refractivity contribution < 1.29 is 0 Å². The lowest BCUT2D eigenvalue weighted by Crippen LogP contribution is -1.90. The largest absolute Gasteiger partial charge is 0.159 e. The number of hydrogen-bond donors (Lipinski definition) is 0. The first kappa shape index (κ1) is 16.4. The van der Waals surface area contributed by atoms with Gasteiger partial charge in [-0.1, -0.05) is 78.6 Å². The van der Waals surface area contributed by atoms with E-state index in [1.54, 1.807) is 0 Å². The summed E-state index contributed by atoms with van der Waals surface area (Å²) in [5, 5.41) is 0.813. The van der Waals surface area contributed by atoms with E-state index in [0.717, 1.165) is 11.7 Å². The molecule has 16 heavy (non-hydrogen) atoms. The summed E-state index contributed by atoms with van der Waals surface area (Å²) in [6, 6.07) is 0. The zero-order valence-electron chi connectivity index (χ0n) is 11.5. The zero-order chi connectivity index (χ0) is 12.1. The Morgan fingerprint density at radius 1 is 0.750 bits per heavy atom. The SMILES string of the molecule is [CH2]CCCCCCCCCCCSC(C)C. The molecule has 1 radical (unpaired) electrons. The summed E-state index contributed by atoms with van der Waals surface area (Å²) in [4.78, 5) is 0. The molecule has 0 aromatic carbocycles. The van der Waals surface area contributed by atoms with Crippen molar-refractivity contribution in [3.05, 3.63) is 6.92 Å². The molecule has 0 saturated carbocycles. The molecule has 0 N–H and O–H groups in total. The van der Waals surface area contributed by atoms with E-state index in [9.17, 15) is 0 Å². The van der Waals surface area contributed by atoms with Crippen LogP contribution in [0.2, 0.25) is 0 Å². The Morgan fingerprint density at radius 2 is 1.19 bits per heavy atom. The molecule has 0 unspecified atom stereocenters. The summed E-state index contributed by atoms with van der Waals surface area (Å²) in [7, 11) is 0. The van der Waals surface area contributed by atoms with Crippen LogP contribution in [0.5, 0.6) is 0 Å². The van der Waals surface area contributed by atoms with Crippen molar-refractivity contribution in [3.8, 4) is 0 Å². The van der Waals surface area contributed by atoms with E-state index >= 15 is 0 Å². The van der Waals surface area contributed by atoms with Crippen molar-refractivity contribution in [1.82, 2.24) is 0 Å². The highest BCUT2D eigenvalue weighted by Crippen LogP contribution is 2.14. The van der Waals surface area contributed by atoms with Gasteiger partial charge in [0.2, 0.25) is 0 Å². The third kappa shape index (κ3) is 14.4. The number of hydrogen-bond acceptors (Lipinski definition) is 1. The first-order valence-corrected chi connectivity index (χ1v) is 8.23. The average molecular weight is 243 g/mol. The molecule has 97 valence electrons.